The van der Waals surface area contributed by atoms with Crippen molar-refractivity contribution in [3.05, 3.63) is 64.2 Å². The number of rotatable bonds is 3. The Bertz CT molecular complexity index is 775. The van der Waals surface area contributed by atoms with Crippen LogP contribution in [0.4, 0.5) is 0 Å². The fraction of sp³-hybridized carbons (Fsp3) is 0.300. The normalized spacial score (nSPS) is 16.5. The molecule has 3 rings (SSSR count). The van der Waals surface area contributed by atoms with E-state index in [-0.39, 0.29) is 0 Å². The van der Waals surface area contributed by atoms with Crippen LogP contribution >= 0.6 is 17.0 Å². The summed E-state index contributed by atoms with van der Waals surface area (Å²) in [4.78, 5) is 0. The zero-order valence-corrected chi connectivity index (χ0v) is 17.9. The maximum absolute atomic E-state index is 6.45. The van der Waals surface area contributed by atoms with Gasteiger partial charge in [-0.1, -0.05) is 0 Å². The summed E-state index contributed by atoms with van der Waals surface area (Å²) in [6.07, 6.45) is 2.31. The summed E-state index contributed by atoms with van der Waals surface area (Å²) in [7, 11) is 12.9. The van der Waals surface area contributed by atoms with Crippen LogP contribution < -0.4 is 0 Å². The van der Waals surface area contributed by atoms with Crippen molar-refractivity contribution < 1.29 is 19.4 Å². The van der Waals surface area contributed by atoms with Gasteiger partial charge in [0.25, 0.3) is 0 Å². The van der Waals surface area contributed by atoms with E-state index in [0.29, 0.717) is 9.54 Å². The van der Waals surface area contributed by atoms with Crippen LogP contribution in [0.25, 0.3) is 17.2 Å². The third-order valence-corrected chi connectivity index (χ3v) is 10.2. The summed E-state index contributed by atoms with van der Waals surface area (Å²) in [6.45, 7) is 8.88. The number of halogens is 2. The summed E-state index contributed by atoms with van der Waals surface area (Å²) in [6, 6.07) is 13.2. The molecule has 0 bridgehead atoms. The van der Waals surface area contributed by atoms with Gasteiger partial charge in [-0.05, 0) is 0 Å². The maximum atomic E-state index is 6.45. The number of aryl methyl sites for hydroxylation is 1. The third-order valence-electron chi connectivity index (χ3n) is 4.70. The van der Waals surface area contributed by atoms with Crippen LogP contribution in [0, 0.1) is 6.92 Å². The molecule has 23 heavy (non-hydrogen) atoms. The molecule has 1 unspecified atom stereocenters. The van der Waals surface area contributed by atoms with Gasteiger partial charge < -0.3 is 0 Å². The number of hydrogen-bond donors (Lipinski definition) is 0. The first-order valence-corrected chi connectivity index (χ1v) is 15.8. The Morgan fingerprint density at radius 3 is 2.35 bits per heavy atom. The molecule has 0 fully saturated rings. The first kappa shape index (κ1) is 17.5. The molecule has 2 aromatic rings. The Morgan fingerprint density at radius 2 is 1.70 bits per heavy atom. The molecule has 0 saturated carbocycles. The predicted molar refractivity (Wildman–Crippen MR) is 98.8 cm³/mol. The molecule has 1 atom stereocenters. The van der Waals surface area contributed by atoms with Crippen molar-refractivity contribution >= 4 is 23.1 Å². The zero-order valence-electron chi connectivity index (χ0n) is 14.0. The van der Waals surface area contributed by atoms with Crippen LogP contribution in [0.2, 0.25) is 0 Å². The Balaban J connectivity index is 2.28. The predicted octanol–water partition coefficient (Wildman–Crippen LogP) is 7.17. The summed E-state index contributed by atoms with van der Waals surface area (Å²) >= 11 is -2.38. The van der Waals surface area contributed by atoms with Gasteiger partial charge in [0.1, 0.15) is 0 Å². The van der Waals surface area contributed by atoms with Crippen LogP contribution in [-0.2, 0) is 19.4 Å². The van der Waals surface area contributed by atoms with Gasteiger partial charge in [-0.25, -0.2) is 0 Å². The van der Waals surface area contributed by atoms with E-state index in [1.165, 1.54) is 39.0 Å². The van der Waals surface area contributed by atoms with Crippen LogP contribution in [0.1, 0.15) is 52.6 Å². The summed E-state index contributed by atoms with van der Waals surface area (Å²) < 4.78 is 0.293. The average Bonchev–Trinajstić information content (AvgIpc) is 2.83. The van der Waals surface area contributed by atoms with Crippen LogP contribution in [0.15, 0.2) is 42.0 Å². The van der Waals surface area contributed by atoms with Crippen LogP contribution in [-0.4, -0.2) is 0 Å². The van der Waals surface area contributed by atoms with E-state index in [9.17, 15) is 0 Å². The molecule has 1 aliphatic carbocycles. The van der Waals surface area contributed by atoms with E-state index in [1.807, 2.05) is 0 Å². The van der Waals surface area contributed by atoms with Crippen molar-refractivity contribution in [2.75, 3.05) is 0 Å². The van der Waals surface area contributed by atoms with Crippen molar-refractivity contribution in [3.8, 4) is 11.1 Å². The molecule has 0 heterocycles. The number of fused-ring (bicyclic) bond motifs is 1. The van der Waals surface area contributed by atoms with Crippen molar-refractivity contribution in [3.63, 3.8) is 0 Å². The number of benzene rings is 2. The molecular formula is C20H21Cl2Zr. The zero-order chi connectivity index (χ0) is 16.7. The van der Waals surface area contributed by atoms with Crippen molar-refractivity contribution in [1.29, 1.82) is 0 Å². The molecule has 0 radical (unpaired) electrons. The third kappa shape index (κ3) is 3.13. The van der Waals surface area contributed by atoms with E-state index in [2.05, 4.69) is 70.2 Å². The Morgan fingerprint density at radius 1 is 1.00 bits per heavy atom. The molecule has 1 aliphatic rings. The van der Waals surface area contributed by atoms with Crippen molar-refractivity contribution in [2.45, 2.75) is 37.2 Å². The topological polar surface area (TPSA) is 0 Å². The van der Waals surface area contributed by atoms with Gasteiger partial charge in [-0.3, -0.25) is 0 Å². The Hall–Kier alpha value is -0.357. The standard InChI is InChI=1S/C20H21.2ClH.Zr/c1-13(2)17-7-5-6-8-18(17)20-15(4)9-10-16-11-14(3)12-19(16)20;;;/h5-13H,1-4H3;2*1H;/q;;;+2/p-2. The summed E-state index contributed by atoms with van der Waals surface area (Å²) in [5, 5.41) is 0. The first-order chi connectivity index (χ1) is 10.9. The van der Waals surface area contributed by atoms with E-state index >= 15 is 0 Å². The van der Waals surface area contributed by atoms with Crippen LogP contribution in [0.3, 0.4) is 0 Å². The summed E-state index contributed by atoms with van der Waals surface area (Å²) in [5.41, 5.74) is 9.40. The van der Waals surface area contributed by atoms with E-state index in [4.69, 9.17) is 17.0 Å². The van der Waals surface area contributed by atoms with Gasteiger partial charge in [0.15, 0.2) is 0 Å². The average molecular weight is 424 g/mol. The molecule has 0 nitrogen and oxygen atoms in total. The monoisotopic (exact) mass is 421 g/mol. The molecule has 3 heteroatoms. The molecular weight excluding hydrogens is 402 g/mol. The van der Waals surface area contributed by atoms with Gasteiger partial charge >= 0.3 is 155 Å². The fourth-order valence-electron chi connectivity index (χ4n) is 3.58. The van der Waals surface area contributed by atoms with Crippen molar-refractivity contribution in [2.24, 2.45) is 0 Å². The first-order valence-electron chi connectivity index (χ1n) is 8.00. The Labute approximate surface area is 154 Å². The van der Waals surface area contributed by atoms with Crippen molar-refractivity contribution in [1.82, 2.24) is 0 Å². The summed E-state index contributed by atoms with van der Waals surface area (Å²) in [5.74, 6) is 0.496. The molecule has 0 aliphatic heterocycles. The van der Waals surface area contributed by atoms with Gasteiger partial charge in [-0.15, -0.1) is 0 Å². The molecule has 119 valence electrons. The minimum atomic E-state index is -2.38. The molecule has 0 saturated heterocycles. The Kier molecular flexibility index (Phi) is 5.22. The molecule has 0 aromatic heterocycles. The van der Waals surface area contributed by atoms with Gasteiger partial charge in [0.2, 0.25) is 0 Å². The fourth-order valence-corrected chi connectivity index (χ4v) is 9.26. The SMILES string of the molecule is CC1=Cc2c(ccc(C)c2-c2ccccc2C(C)C)[CH]1[Zr]([Cl])[Cl]. The molecule has 2 aromatic carbocycles. The van der Waals surface area contributed by atoms with Gasteiger partial charge in [0, 0.05) is 0 Å². The van der Waals surface area contributed by atoms with E-state index < -0.39 is 19.4 Å². The second-order valence-electron chi connectivity index (χ2n) is 6.61. The van der Waals surface area contributed by atoms with E-state index in [0.717, 1.165) is 0 Å². The molecule has 0 spiro atoms. The quantitative estimate of drug-likeness (QED) is 0.491. The van der Waals surface area contributed by atoms with Crippen LogP contribution in [0.5, 0.6) is 0 Å². The van der Waals surface area contributed by atoms with E-state index in [1.54, 1.807) is 0 Å². The number of allylic oxidation sites excluding steroid dienone is 1. The molecule has 0 N–H and O–H groups in total. The second kappa shape index (κ2) is 6.87. The second-order valence-corrected chi connectivity index (χ2v) is 15.4. The van der Waals surface area contributed by atoms with Gasteiger partial charge in [0.05, 0.1) is 0 Å². The van der Waals surface area contributed by atoms with Gasteiger partial charge in [-0.2, -0.15) is 0 Å². The number of hydrogen-bond acceptors (Lipinski definition) is 0. The minimum absolute atomic E-state index is 0.293. The molecule has 0 amide bonds.